The molecule has 1 aromatic heterocycles. The molecular formula is C14H18N4S. The minimum Gasteiger partial charge on any atom is -0.314 e. The molecule has 0 atom stereocenters. The number of aryl methyl sites for hydroxylation is 1. The maximum absolute atomic E-state index is 4.22. The van der Waals surface area contributed by atoms with Gasteiger partial charge in [-0.15, -0.1) is 10.2 Å². The Bertz CT molecular complexity index is 532. The van der Waals surface area contributed by atoms with E-state index in [1.807, 2.05) is 0 Å². The summed E-state index contributed by atoms with van der Waals surface area (Å²) in [5.41, 5.74) is 5.66. The second-order valence-corrected chi connectivity index (χ2v) is 5.76. The molecule has 2 heterocycles. The van der Waals surface area contributed by atoms with Crippen LogP contribution in [0.4, 0.5) is 0 Å². The SMILES string of the molecule is Cc1ccc(CN2CCNCC2)c(-c2nncs2)c1. The third-order valence-corrected chi connectivity index (χ3v) is 4.18. The molecule has 0 radical (unpaired) electrons. The van der Waals surface area contributed by atoms with Gasteiger partial charge in [0.2, 0.25) is 0 Å². The third kappa shape index (κ3) is 3.00. The molecule has 3 rings (SSSR count). The normalized spacial score (nSPS) is 16.7. The van der Waals surface area contributed by atoms with Crippen LogP contribution in [0.15, 0.2) is 23.7 Å². The summed E-state index contributed by atoms with van der Waals surface area (Å²) in [6, 6.07) is 6.63. The monoisotopic (exact) mass is 274 g/mol. The molecule has 1 N–H and O–H groups in total. The van der Waals surface area contributed by atoms with Crippen molar-refractivity contribution in [2.45, 2.75) is 13.5 Å². The number of nitrogens with zero attached hydrogens (tertiary/aromatic N) is 3. The molecule has 19 heavy (non-hydrogen) atoms. The van der Waals surface area contributed by atoms with Gasteiger partial charge in [0.05, 0.1) is 0 Å². The van der Waals surface area contributed by atoms with Gasteiger partial charge in [0.15, 0.2) is 0 Å². The molecule has 1 aliphatic rings. The largest absolute Gasteiger partial charge is 0.314 e. The molecule has 2 aromatic rings. The van der Waals surface area contributed by atoms with Gasteiger partial charge in [0.25, 0.3) is 0 Å². The summed E-state index contributed by atoms with van der Waals surface area (Å²) in [5.74, 6) is 0. The maximum Gasteiger partial charge on any atom is 0.147 e. The van der Waals surface area contributed by atoms with Crippen LogP contribution in [0, 0.1) is 6.92 Å². The van der Waals surface area contributed by atoms with E-state index in [4.69, 9.17) is 0 Å². The lowest BCUT2D eigenvalue weighted by Crippen LogP contribution is -2.42. The van der Waals surface area contributed by atoms with Crippen molar-refractivity contribution in [3.63, 3.8) is 0 Å². The van der Waals surface area contributed by atoms with Crippen molar-refractivity contribution in [3.8, 4) is 10.6 Å². The van der Waals surface area contributed by atoms with Crippen LogP contribution in [0.1, 0.15) is 11.1 Å². The number of aromatic nitrogens is 2. The lowest BCUT2D eigenvalue weighted by Gasteiger charge is -2.27. The summed E-state index contributed by atoms with van der Waals surface area (Å²) in [5, 5.41) is 12.6. The van der Waals surface area contributed by atoms with Gasteiger partial charge in [-0.25, -0.2) is 0 Å². The van der Waals surface area contributed by atoms with E-state index in [0.717, 1.165) is 37.7 Å². The number of rotatable bonds is 3. The molecule has 1 fully saturated rings. The minimum atomic E-state index is 0.997. The zero-order valence-corrected chi connectivity index (χ0v) is 11.9. The highest BCUT2D eigenvalue weighted by molar-refractivity contribution is 7.12. The van der Waals surface area contributed by atoms with E-state index in [1.165, 1.54) is 16.7 Å². The summed E-state index contributed by atoms with van der Waals surface area (Å²) in [6.07, 6.45) is 0. The predicted octanol–water partition coefficient (Wildman–Crippen LogP) is 1.92. The highest BCUT2D eigenvalue weighted by Gasteiger charge is 2.14. The standard InChI is InChI=1S/C14H18N4S/c1-11-2-3-12(9-18-6-4-15-5-7-18)13(8-11)14-17-16-10-19-14/h2-3,8,10,15H,4-7,9H2,1H3. The molecule has 0 unspecified atom stereocenters. The third-order valence-electron chi connectivity index (χ3n) is 3.46. The molecule has 1 aliphatic heterocycles. The first-order valence-corrected chi connectivity index (χ1v) is 7.50. The van der Waals surface area contributed by atoms with Gasteiger partial charge in [-0.3, -0.25) is 4.90 Å². The Morgan fingerprint density at radius 1 is 1.32 bits per heavy atom. The van der Waals surface area contributed by atoms with E-state index >= 15 is 0 Å². The molecule has 4 nitrogen and oxygen atoms in total. The van der Waals surface area contributed by atoms with E-state index in [9.17, 15) is 0 Å². The molecule has 0 amide bonds. The Balaban J connectivity index is 1.87. The van der Waals surface area contributed by atoms with Crippen LogP contribution in [-0.4, -0.2) is 41.3 Å². The van der Waals surface area contributed by atoms with Crippen LogP contribution >= 0.6 is 11.3 Å². The van der Waals surface area contributed by atoms with Gasteiger partial charge in [-0.05, 0) is 18.6 Å². The fraction of sp³-hybridized carbons (Fsp3) is 0.429. The molecule has 0 spiro atoms. The van der Waals surface area contributed by atoms with Crippen molar-refractivity contribution in [1.29, 1.82) is 0 Å². The van der Waals surface area contributed by atoms with E-state index in [1.54, 1.807) is 16.8 Å². The highest BCUT2D eigenvalue weighted by Crippen LogP contribution is 2.27. The fourth-order valence-corrected chi connectivity index (χ4v) is 3.03. The first kappa shape index (κ1) is 12.7. The Labute approximate surface area is 117 Å². The van der Waals surface area contributed by atoms with Crippen molar-refractivity contribution >= 4 is 11.3 Å². The summed E-state index contributed by atoms with van der Waals surface area (Å²) >= 11 is 1.61. The lowest BCUT2D eigenvalue weighted by molar-refractivity contribution is 0.233. The number of hydrogen-bond acceptors (Lipinski definition) is 5. The minimum absolute atomic E-state index is 0.997. The second kappa shape index (κ2) is 5.77. The zero-order valence-electron chi connectivity index (χ0n) is 11.1. The molecule has 0 bridgehead atoms. The Hall–Kier alpha value is -1.30. The van der Waals surface area contributed by atoms with Crippen molar-refractivity contribution in [2.75, 3.05) is 26.2 Å². The quantitative estimate of drug-likeness (QED) is 0.928. The molecule has 1 saturated heterocycles. The van der Waals surface area contributed by atoms with Gasteiger partial charge in [-0.2, -0.15) is 0 Å². The molecule has 5 heteroatoms. The molecule has 1 aromatic carbocycles. The molecule has 0 saturated carbocycles. The van der Waals surface area contributed by atoms with Crippen LogP contribution in [0.5, 0.6) is 0 Å². The molecular weight excluding hydrogens is 256 g/mol. The van der Waals surface area contributed by atoms with Crippen molar-refractivity contribution in [2.24, 2.45) is 0 Å². The van der Waals surface area contributed by atoms with E-state index in [2.05, 4.69) is 45.5 Å². The number of nitrogens with one attached hydrogen (secondary N) is 1. The number of piperazine rings is 1. The molecule has 0 aliphatic carbocycles. The number of hydrogen-bond donors (Lipinski definition) is 1. The number of benzene rings is 1. The maximum atomic E-state index is 4.22. The topological polar surface area (TPSA) is 41.0 Å². The van der Waals surface area contributed by atoms with Crippen molar-refractivity contribution in [3.05, 3.63) is 34.8 Å². The van der Waals surface area contributed by atoms with Crippen LogP contribution < -0.4 is 5.32 Å². The average Bonchev–Trinajstić information content (AvgIpc) is 2.96. The van der Waals surface area contributed by atoms with E-state index in [-0.39, 0.29) is 0 Å². The Morgan fingerprint density at radius 3 is 2.89 bits per heavy atom. The van der Waals surface area contributed by atoms with Gasteiger partial charge >= 0.3 is 0 Å². The first-order valence-electron chi connectivity index (χ1n) is 6.62. The Kier molecular flexibility index (Phi) is 3.87. The van der Waals surface area contributed by atoms with Crippen LogP contribution in [0.3, 0.4) is 0 Å². The van der Waals surface area contributed by atoms with Crippen LogP contribution in [0.25, 0.3) is 10.6 Å². The van der Waals surface area contributed by atoms with Gasteiger partial charge in [0, 0.05) is 38.3 Å². The van der Waals surface area contributed by atoms with Gasteiger partial charge < -0.3 is 5.32 Å². The summed E-state index contributed by atoms with van der Waals surface area (Å²) in [4.78, 5) is 2.49. The first-order chi connectivity index (χ1) is 9.33. The van der Waals surface area contributed by atoms with E-state index < -0.39 is 0 Å². The lowest BCUT2D eigenvalue weighted by atomic mass is 10.0. The van der Waals surface area contributed by atoms with Crippen LogP contribution in [0.2, 0.25) is 0 Å². The van der Waals surface area contributed by atoms with Crippen LogP contribution in [-0.2, 0) is 6.54 Å². The van der Waals surface area contributed by atoms with Gasteiger partial charge in [-0.1, -0.05) is 29.0 Å². The highest BCUT2D eigenvalue weighted by atomic mass is 32.1. The molecule has 100 valence electrons. The van der Waals surface area contributed by atoms with Crippen molar-refractivity contribution in [1.82, 2.24) is 20.4 Å². The fourth-order valence-electron chi connectivity index (χ4n) is 2.43. The summed E-state index contributed by atoms with van der Waals surface area (Å²) < 4.78 is 0. The smallest absolute Gasteiger partial charge is 0.147 e. The summed E-state index contributed by atoms with van der Waals surface area (Å²) in [7, 11) is 0. The summed E-state index contributed by atoms with van der Waals surface area (Å²) in [6.45, 7) is 7.52. The second-order valence-electron chi connectivity index (χ2n) is 4.93. The predicted molar refractivity (Wildman–Crippen MR) is 78.2 cm³/mol. The van der Waals surface area contributed by atoms with Crippen molar-refractivity contribution < 1.29 is 0 Å². The van der Waals surface area contributed by atoms with Gasteiger partial charge in [0.1, 0.15) is 10.5 Å². The Morgan fingerprint density at radius 2 is 2.16 bits per heavy atom. The zero-order chi connectivity index (χ0) is 13.1. The average molecular weight is 274 g/mol. The van der Waals surface area contributed by atoms with E-state index in [0.29, 0.717) is 0 Å².